The molecule has 0 aliphatic carbocycles. The van der Waals surface area contributed by atoms with Crippen LogP contribution in [-0.2, 0) is 21.7 Å². The zero-order valence-corrected chi connectivity index (χ0v) is 14.2. The van der Waals surface area contributed by atoms with E-state index in [4.69, 9.17) is 4.74 Å². The summed E-state index contributed by atoms with van der Waals surface area (Å²) in [6.07, 6.45) is -1.75. The van der Waals surface area contributed by atoms with Gasteiger partial charge in [-0.2, -0.15) is 13.2 Å². The number of nitrogens with zero attached hydrogens (tertiary/aromatic N) is 1. The highest BCUT2D eigenvalue weighted by atomic mass is 32.2. The highest BCUT2D eigenvalue weighted by molar-refractivity contribution is 7.86. The molecule has 4 rings (SSSR count). The number of rotatable bonds is 1. The van der Waals surface area contributed by atoms with Crippen LogP contribution in [0.3, 0.4) is 0 Å². The minimum atomic E-state index is -4.21. The Morgan fingerprint density at radius 3 is 2.42 bits per heavy atom. The van der Waals surface area contributed by atoms with Gasteiger partial charge in [-0.15, -0.1) is 0 Å². The van der Waals surface area contributed by atoms with Gasteiger partial charge in [0.15, 0.2) is 0 Å². The molecule has 1 aromatic rings. The van der Waals surface area contributed by atoms with Crippen LogP contribution in [0.5, 0.6) is 0 Å². The normalized spacial score (nSPS) is 33.1. The standard InChI is InChI=1S/C10H17NO2S.C7H5F3/c12-14-7-10(8-14)2-3-11(6-10)9-1-4-13-5-9;8-7(9,10)6-4-2-1-3-5-6/h9H,1-8H2;1-5H. The molecule has 1 aromatic carbocycles. The van der Waals surface area contributed by atoms with E-state index in [2.05, 4.69) is 4.90 Å². The Hall–Kier alpha value is -0.920. The molecule has 1 spiro atoms. The second kappa shape index (κ2) is 7.14. The van der Waals surface area contributed by atoms with Gasteiger partial charge in [-0.25, -0.2) is 0 Å². The number of ether oxygens (including phenoxy) is 1. The Kier molecular flexibility index (Phi) is 5.32. The molecule has 1 atom stereocenters. The third-order valence-corrected chi connectivity index (χ3v) is 6.79. The van der Waals surface area contributed by atoms with Crippen LogP contribution in [0, 0.1) is 5.41 Å². The summed E-state index contributed by atoms with van der Waals surface area (Å²) in [6.45, 7) is 4.22. The molecule has 3 aliphatic rings. The maximum absolute atomic E-state index is 11.8. The van der Waals surface area contributed by atoms with Crippen molar-refractivity contribution in [1.82, 2.24) is 4.90 Å². The lowest BCUT2D eigenvalue weighted by molar-refractivity contribution is -0.137. The van der Waals surface area contributed by atoms with Crippen molar-refractivity contribution in [3.05, 3.63) is 35.9 Å². The van der Waals surface area contributed by atoms with Crippen LogP contribution >= 0.6 is 0 Å². The van der Waals surface area contributed by atoms with Gasteiger partial charge >= 0.3 is 6.18 Å². The Balaban J connectivity index is 0.000000150. The molecule has 0 bridgehead atoms. The summed E-state index contributed by atoms with van der Waals surface area (Å²) in [7, 11) is -0.495. The van der Waals surface area contributed by atoms with E-state index in [-0.39, 0.29) is 0 Å². The molecule has 0 amide bonds. The van der Waals surface area contributed by atoms with E-state index in [0.29, 0.717) is 11.5 Å². The van der Waals surface area contributed by atoms with Crippen molar-refractivity contribution in [2.24, 2.45) is 5.41 Å². The van der Waals surface area contributed by atoms with Gasteiger partial charge in [-0.05, 0) is 19.4 Å². The largest absolute Gasteiger partial charge is 0.416 e. The van der Waals surface area contributed by atoms with Crippen LogP contribution in [0.25, 0.3) is 0 Å². The highest BCUT2D eigenvalue weighted by Crippen LogP contribution is 2.40. The lowest BCUT2D eigenvalue weighted by atomic mass is 9.91. The van der Waals surface area contributed by atoms with Crippen molar-refractivity contribution in [2.45, 2.75) is 25.1 Å². The maximum Gasteiger partial charge on any atom is 0.416 e. The average molecular weight is 361 g/mol. The lowest BCUT2D eigenvalue weighted by Crippen LogP contribution is -2.47. The van der Waals surface area contributed by atoms with Gasteiger partial charge in [0.1, 0.15) is 0 Å². The molecule has 3 aliphatic heterocycles. The molecule has 0 N–H and O–H groups in total. The fourth-order valence-corrected chi connectivity index (χ4v) is 5.35. The first kappa shape index (κ1) is 17.9. The minimum absolute atomic E-state index is 0.438. The summed E-state index contributed by atoms with van der Waals surface area (Å²) in [5.41, 5.74) is -0.164. The molecule has 0 radical (unpaired) electrons. The quantitative estimate of drug-likeness (QED) is 0.770. The molecule has 3 fully saturated rings. The van der Waals surface area contributed by atoms with Gasteiger partial charge in [0.05, 0.1) is 12.2 Å². The van der Waals surface area contributed by atoms with Gasteiger partial charge in [0.2, 0.25) is 0 Å². The van der Waals surface area contributed by atoms with Crippen molar-refractivity contribution in [1.29, 1.82) is 0 Å². The first-order chi connectivity index (χ1) is 11.4. The van der Waals surface area contributed by atoms with E-state index < -0.39 is 22.5 Å². The number of benzene rings is 1. The number of alkyl halides is 3. The second-order valence-electron chi connectivity index (χ2n) is 6.83. The van der Waals surface area contributed by atoms with E-state index >= 15 is 0 Å². The van der Waals surface area contributed by atoms with Crippen molar-refractivity contribution in [3.63, 3.8) is 0 Å². The summed E-state index contributed by atoms with van der Waals surface area (Å²) in [5.74, 6) is 1.91. The minimum Gasteiger partial charge on any atom is -0.380 e. The average Bonchev–Trinajstić information content (AvgIpc) is 3.17. The molecule has 0 saturated carbocycles. The van der Waals surface area contributed by atoms with Gasteiger partial charge < -0.3 is 4.74 Å². The summed E-state index contributed by atoms with van der Waals surface area (Å²) >= 11 is 0. The van der Waals surface area contributed by atoms with E-state index in [1.807, 2.05) is 0 Å². The first-order valence-electron chi connectivity index (χ1n) is 8.17. The number of halogens is 3. The Labute approximate surface area is 142 Å². The smallest absolute Gasteiger partial charge is 0.380 e. The summed E-state index contributed by atoms with van der Waals surface area (Å²) < 4.78 is 51.9. The monoisotopic (exact) mass is 361 g/mol. The predicted molar refractivity (Wildman–Crippen MR) is 87.2 cm³/mol. The molecule has 3 nitrogen and oxygen atoms in total. The SMILES string of the molecule is FC(F)(F)c1ccccc1.O=S1CC2(CCN(C3CCOC3)C2)C1. The van der Waals surface area contributed by atoms with E-state index in [0.717, 1.165) is 36.9 Å². The number of hydrogen-bond donors (Lipinski definition) is 0. The molecule has 1 unspecified atom stereocenters. The van der Waals surface area contributed by atoms with Gasteiger partial charge in [0.25, 0.3) is 0 Å². The van der Waals surface area contributed by atoms with Crippen LogP contribution < -0.4 is 0 Å². The molecular formula is C17H22F3NO2S. The van der Waals surface area contributed by atoms with Crippen LogP contribution in [-0.4, -0.2) is 53.0 Å². The Morgan fingerprint density at radius 2 is 1.92 bits per heavy atom. The van der Waals surface area contributed by atoms with E-state index in [1.54, 1.807) is 6.07 Å². The van der Waals surface area contributed by atoms with Gasteiger partial charge in [0, 0.05) is 46.9 Å². The fourth-order valence-electron chi connectivity index (χ4n) is 3.59. The number of likely N-dealkylation sites (tertiary alicyclic amines) is 1. The Morgan fingerprint density at radius 1 is 1.21 bits per heavy atom. The molecule has 7 heteroatoms. The summed E-state index contributed by atoms with van der Waals surface area (Å²) in [4.78, 5) is 2.56. The number of hydrogen-bond acceptors (Lipinski definition) is 3. The van der Waals surface area contributed by atoms with E-state index in [9.17, 15) is 17.4 Å². The first-order valence-corrected chi connectivity index (χ1v) is 9.66. The molecule has 3 heterocycles. The lowest BCUT2D eigenvalue weighted by Gasteiger charge is -2.37. The van der Waals surface area contributed by atoms with Crippen LogP contribution in [0.1, 0.15) is 18.4 Å². The molecule has 0 aromatic heterocycles. The summed E-state index contributed by atoms with van der Waals surface area (Å²) in [6, 6.07) is 7.02. The van der Waals surface area contributed by atoms with Crippen LogP contribution in [0.15, 0.2) is 30.3 Å². The molecule has 24 heavy (non-hydrogen) atoms. The molecule has 134 valence electrons. The topological polar surface area (TPSA) is 29.5 Å². The highest BCUT2D eigenvalue weighted by Gasteiger charge is 2.48. The van der Waals surface area contributed by atoms with Crippen LogP contribution in [0.4, 0.5) is 13.2 Å². The van der Waals surface area contributed by atoms with Crippen molar-refractivity contribution in [3.8, 4) is 0 Å². The summed E-state index contributed by atoms with van der Waals surface area (Å²) in [5, 5.41) is 0. The van der Waals surface area contributed by atoms with Crippen LogP contribution in [0.2, 0.25) is 0 Å². The maximum atomic E-state index is 11.8. The van der Waals surface area contributed by atoms with Crippen molar-refractivity contribution >= 4 is 10.8 Å². The van der Waals surface area contributed by atoms with Gasteiger partial charge in [-0.3, -0.25) is 9.11 Å². The molecular weight excluding hydrogens is 339 g/mol. The van der Waals surface area contributed by atoms with Crippen molar-refractivity contribution in [2.75, 3.05) is 37.8 Å². The zero-order valence-electron chi connectivity index (χ0n) is 13.4. The van der Waals surface area contributed by atoms with Crippen molar-refractivity contribution < 1.29 is 22.1 Å². The van der Waals surface area contributed by atoms with E-state index in [1.165, 1.54) is 38.1 Å². The molecule has 3 saturated heterocycles. The fraction of sp³-hybridized carbons (Fsp3) is 0.647. The predicted octanol–water partition coefficient (Wildman–Crippen LogP) is 2.94. The second-order valence-corrected chi connectivity index (χ2v) is 8.29. The zero-order chi connectivity index (χ0) is 17.2. The third kappa shape index (κ3) is 4.18. The van der Waals surface area contributed by atoms with Gasteiger partial charge in [-0.1, -0.05) is 30.3 Å². The third-order valence-electron chi connectivity index (χ3n) is 4.93. The Bertz CT molecular complexity index is 565.